The van der Waals surface area contributed by atoms with Crippen LogP contribution in [0, 0.1) is 6.92 Å². The summed E-state index contributed by atoms with van der Waals surface area (Å²) >= 11 is 0. The molecule has 0 bridgehead atoms. The van der Waals surface area contributed by atoms with Crippen molar-refractivity contribution in [2.75, 3.05) is 7.11 Å². The van der Waals surface area contributed by atoms with Crippen LogP contribution >= 0.6 is 0 Å². The maximum atomic E-state index is 12.2. The van der Waals surface area contributed by atoms with Gasteiger partial charge < -0.3 is 10.1 Å². The van der Waals surface area contributed by atoms with Gasteiger partial charge in [0.1, 0.15) is 5.60 Å². The Labute approximate surface area is 156 Å². The minimum absolute atomic E-state index is 0.0494. The van der Waals surface area contributed by atoms with Crippen LogP contribution < -0.4 is 5.32 Å². The highest BCUT2D eigenvalue weighted by atomic mass is 32.2. The van der Waals surface area contributed by atoms with Crippen molar-refractivity contribution in [1.29, 1.82) is 0 Å². The van der Waals surface area contributed by atoms with Gasteiger partial charge in [-0.1, -0.05) is 17.7 Å². The molecule has 0 radical (unpaired) electrons. The molecule has 1 N–H and O–H groups in total. The molecule has 7 heteroatoms. The quantitative estimate of drug-likeness (QED) is 0.798. The normalized spacial score (nSPS) is 21.3. The van der Waals surface area contributed by atoms with Crippen LogP contribution in [0.5, 0.6) is 0 Å². The van der Waals surface area contributed by atoms with Gasteiger partial charge in [0.25, 0.3) is 10.1 Å². The van der Waals surface area contributed by atoms with Crippen LogP contribution in [0.25, 0.3) is 0 Å². The molecule has 1 aliphatic rings. The Balaban J connectivity index is 2.07. The average Bonchev–Trinajstić information content (AvgIpc) is 2.53. The van der Waals surface area contributed by atoms with E-state index in [2.05, 4.69) is 5.32 Å². The smallest absolute Gasteiger partial charge is 0.407 e. The molecule has 0 aromatic heterocycles. The summed E-state index contributed by atoms with van der Waals surface area (Å²) < 4.78 is 34.5. The van der Waals surface area contributed by atoms with Crippen molar-refractivity contribution in [2.45, 2.75) is 75.8 Å². The summed E-state index contributed by atoms with van der Waals surface area (Å²) in [6.45, 7) is 7.44. The van der Waals surface area contributed by atoms with Crippen molar-refractivity contribution in [3.8, 4) is 0 Å². The van der Waals surface area contributed by atoms with Crippen LogP contribution in [0.15, 0.2) is 23.1 Å². The summed E-state index contributed by atoms with van der Waals surface area (Å²) in [6, 6.07) is 5.38. The van der Waals surface area contributed by atoms with Crippen LogP contribution in [0.4, 0.5) is 4.79 Å². The van der Waals surface area contributed by atoms with Crippen molar-refractivity contribution in [1.82, 2.24) is 5.32 Å². The van der Waals surface area contributed by atoms with E-state index in [-0.39, 0.29) is 16.9 Å². The molecule has 2 rings (SSSR count). The van der Waals surface area contributed by atoms with E-state index in [0.717, 1.165) is 36.8 Å². The van der Waals surface area contributed by atoms with Gasteiger partial charge in [-0.05, 0) is 70.9 Å². The molecule has 6 nitrogen and oxygen atoms in total. The predicted molar refractivity (Wildman–Crippen MR) is 99.7 cm³/mol. The van der Waals surface area contributed by atoms with Crippen molar-refractivity contribution < 1.29 is 22.1 Å². The Morgan fingerprint density at radius 3 is 2.31 bits per heavy atom. The average molecular weight is 384 g/mol. The highest BCUT2D eigenvalue weighted by Gasteiger charge is 2.29. The second-order valence-corrected chi connectivity index (χ2v) is 9.54. The lowest BCUT2D eigenvalue weighted by molar-refractivity contribution is 0.0491. The Hall–Kier alpha value is -1.60. The Bertz CT molecular complexity index is 744. The molecule has 146 valence electrons. The summed E-state index contributed by atoms with van der Waals surface area (Å²) in [7, 11) is -2.56. The van der Waals surface area contributed by atoms with Crippen LogP contribution in [0.2, 0.25) is 0 Å². The highest BCUT2D eigenvalue weighted by Crippen LogP contribution is 2.37. The second-order valence-electron chi connectivity index (χ2n) is 7.86. The largest absolute Gasteiger partial charge is 0.444 e. The number of hydrogen-bond acceptors (Lipinski definition) is 5. The van der Waals surface area contributed by atoms with E-state index in [0.29, 0.717) is 0 Å². The zero-order chi connectivity index (χ0) is 19.5. The topological polar surface area (TPSA) is 81.7 Å². The number of aryl methyl sites for hydroxylation is 1. The first kappa shape index (κ1) is 20.7. The van der Waals surface area contributed by atoms with Crippen LogP contribution in [-0.4, -0.2) is 33.3 Å². The number of amides is 1. The van der Waals surface area contributed by atoms with E-state index < -0.39 is 21.8 Å². The molecule has 0 atom stereocenters. The molecule has 0 spiro atoms. The molecule has 0 heterocycles. The fourth-order valence-electron chi connectivity index (χ4n) is 3.33. The number of carbonyl (C=O) groups excluding carboxylic acids is 1. The number of nitrogens with one attached hydrogen (secondary N) is 1. The van der Waals surface area contributed by atoms with Gasteiger partial charge in [0.2, 0.25) is 0 Å². The fraction of sp³-hybridized carbons (Fsp3) is 0.632. The second kappa shape index (κ2) is 7.96. The summed E-state index contributed by atoms with van der Waals surface area (Å²) in [5.41, 5.74) is 1.30. The molecule has 1 aromatic rings. The van der Waals surface area contributed by atoms with Crippen LogP contribution in [0.1, 0.15) is 63.5 Å². The number of ether oxygens (including phenoxy) is 1. The van der Waals surface area contributed by atoms with E-state index in [9.17, 15) is 13.2 Å². The standard InChI is InChI=1S/C19H29NO5S/c1-13-6-11-17(26(22,23)24-5)16(12-13)14-7-9-15(10-8-14)20-18(21)25-19(2,3)4/h6,11-12,14-15H,7-10H2,1-5H3,(H,20,21)/t14-,15-. The Morgan fingerprint density at radius 1 is 1.15 bits per heavy atom. The first-order chi connectivity index (χ1) is 12.0. The summed E-state index contributed by atoms with van der Waals surface area (Å²) in [4.78, 5) is 12.2. The summed E-state index contributed by atoms with van der Waals surface area (Å²) in [5, 5.41) is 2.91. The lowest BCUT2D eigenvalue weighted by atomic mass is 9.81. The molecule has 0 unspecified atom stereocenters. The molecule has 26 heavy (non-hydrogen) atoms. The van der Waals surface area contributed by atoms with Gasteiger partial charge in [-0.2, -0.15) is 8.42 Å². The van der Waals surface area contributed by atoms with Gasteiger partial charge in [-0.15, -0.1) is 0 Å². The van der Waals surface area contributed by atoms with Crippen molar-refractivity contribution in [2.24, 2.45) is 0 Å². The Kier molecular flexibility index (Phi) is 6.34. The van der Waals surface area contributed by atoms with Crippen molar-refractivity contribution in [3.05, 3.63) is 29.3 Å². The number of carbonyl (C=O) groups is 1. The lowest BCUT2D eigenvalue weighted by Gasteiger charge is -2.31. The highest BCUT2D eigenvalue weighted by molar-refractivity contribution is 7.86. The maximum absolute atomic E-state index is 12.2. The lowest BCUT2D eigenvalue weighted by Crippen LogP contribution is -2.40. The van der Waals surface area contributed by atoms with Gasteiger partial charge in [-0.25, -0.2) is 4.79 Å². The van der Waals surface area contributed by atoms with Crippen LogP contribution in [-0.2, 0) is 19.0 Å². The molecular weight excluding hydrogens is 354 g/mol. The molecular formula is C19H29NO5S. The minimum Gasteiger partial charge on any atom is -0.444 e. The third-order valence-corrected chi connectivity index (χ3v) is 5.89. The monoisotopic (exact) mass is 383 g/mol. The van der Waals surface area contributed by atoms with Crippen molar-refractivity contribution >= 4 is 16.2 Å². The third-order valence-electron chi connectivity index (χ3n) is 4.54. The van der Waals surface area contributed by atoms with E-state index >= 15 is 0 Å². The first-order valence-corrected chi connectivity index (χ1v) is 10.3. The number of hydrogen-bond donors (Lipinski definition) is 1. The van der Waals surface area contributed by atoms with Gasteiger partial charge in [0, 0.05) is 6.04 Å². The van der Waals surface area contributed by atoms with Gasteiger partial charge in [0.05, 0.1) is 12.0 Å². The third kappa shape index (κ3) is 5.45. The van der Waals surface area contributed by atoms with Crippen molar-refractivity contribution in [3.63, 3.8) is 0 Å². The van der Waals surface area contributed by atoms with Crippen LogP contribution in [0.3, 0.4) is 0 Å². The molecule has 0 saturated heterocycles. The zero-order valence-corrected chi connectivity index (χ0v) is 17.0. The molecule has 1 aromatic carbocycles. The molecule has 1 saturated carbocycles. The van der Waals surface area contributed by atoms with E-state index in [4.69, 9.17) is 8.92 Å². The zero-order valence-electron chi connectivity index (χ0n) is 16.2. The predicted octanol–water partition coefficient (Wildman–Crippen LogP) is 3.88. The minimum atomic E-state index is -3.74. The molecule has 1 amide bonds. The molecule has 0 aliphatic heterocycles. The number of rotatable bonds is 4. The summed E-state index contributed by atoms with van der Waals surface area (Å²) in [5.74, 6) is 0.131. The number of benzene rings is 1. The molecule has 1 fully saturated rings. The first-order valence-electron chi connectivity index (χ1n) is 8.92. The van der Waals surface area contributed by atoms with E-state index in [1.807, 2.05) is 33.8 Å². The Morgan fingerprint density at radius 2 is 1.77 bits per heavy atom. The van der Waals surface area contributed by atoms with Gasteiger partial charge >= 0.3 is 6.09 Å². The number of alkyl carbamates (subject to hydrolysis) is 1. The van der Waals surface area contributed by atoms with E-state index in [1.165, 1.54) is 7.11 Å². The van der Waals surface area contributed by atoms with E-state index in [1.54, 1.807) is 12.1 Å². The molecule has 1 aliphatic carbocycles. The van der Waals surface area contributed by atoms with Gasteiger partial charge in [0.15, 0.2) is 0 Å². The fourth-order valence-corrected chi connectivity index (χ4v) is 4.26. The van der Waals surface area contributed by atoms with Gasteiger partial charge in [-0.3, -0.25) is 4.18 Å². The summed E-state index contributed by atoms with van der Waals surface area (Å²) in [6.07, 6.45) is 2.76. The maximum Gasteiger partial charge on any atom is 0.407 e. The SMILES string of the molecule is COS(=O)(=O)c1ccc(C)cc1[C@H]1CC[C@H](NC(=O)OC(C)(C)C)CC1.